The molecule has 0 unspecified atom stereocenters. The second-order valence-electron chi connectivity index (χ2n) is 4.12. The number of aliphatic hydroxyl groups is 1. The molecule has 22 heavy (non-hydrogen) atoms. The number of esters is 2. The van der Waals surface area contributed by atoms with Crippen LogP contribution >= 0.6 is 0 Å². The third kappa shape index (κ3) is 5.01. The molecule has 0 saturated carbocycles. The fourth-order valence-electron chi connectivity index (χ4n) is 1.45. The first-order valence-electron chi connectivity index (χ1n) is 6.75. The Kier molecular flexibility index (Phi) is 6.75. The third-order valence-electron chi connectivity index (χ3n) is 2.46. The minimum absolute atomic E-state index is 0.166. The number of carbonyl (C=O) groups is 2. The van der Waals surface area contributed by atoms with E-state index < -0.39 is 11.9 Å². The molecule has 0 fully saturated rings. The number of allylic oxidation sites excluding steroid dienone is 1. The molecule has 0 amide bonds. The average molecular weight is 306 g/mol. The maximum absolute atomic E-state index is 11.6. The summed E-state index contributed by atoms with van der Waals surface area (Å²) in [7, 11) is 0. The number of carbonyl (C=O) groups excluding carboxylic acids is 2. The number of benzene rings is 1. The molecular weight excluding hydrogens is 288 g/mol. The van der Waals surface area contributed by atoms with E-state index in [-0.39, 0.29) is 18.1 Å². The van der Waals surface area contributed by atoms with Crippen molar-refractivity contribution in [2.45, 2.75) is 20.8 Å². The van der Waals surface area contributed by atoms with Crippen LogP contribution in [-0.4, -0.2) is 30.3 Å². The van der Waals surface area contributed by atoms with Gasteiger partial charge in [-0.25, -0.2) is 9.59 Å². The van der Waals surface area contributed by atoms with Gasteiger partial charge in [-0.15, -0.1) is 5.11 Å². The first kappa shape index (κ1) is 17.4. The van der Waals surface area contributed by atoms with E-state index in [1.54, 1.807) is 26.0 Å². The summed E-state index contributed by atoms with van der Waals surface area (Å²) < 4.78 is 9.62. The van der Waals surface area contributed by atoms with Crippen LogP contribution < -0.4 is 0 Å². The van der Waals surface area contributed by atoms with Gasteiger partial charge >= 0.3 is 11.9 Å². The van der Waals surface area contributed by atoms with Gasteiger partial charge in [-0.2, -0.15) is 5.11 Å². The molecule has 7 heteroatoms. The van der Waals surface area contributed by atoms with Crippen LogP contribution in [0.5, 0.6) is 0 Å². The van der Waals surface area contributed by atoms with Crippen molar-refractivity contribution in [3.05, 3.63) is 41.3 Å². The fraction of sp³-hybridized carbons (Fsp3) is 0.333. The van der Waals surface area contributed by atoms with E-state index in [1.165, 1.54) is 19.1 Å². The van der Waals surface area contributed by atoms with Crippen LogP contribution in [-0.2, 0) is 14.3 Å². The normalized spacial score (nSPS) is 12.0. The molecule has 0 atom stereocenters. The van der Waals surface area contributed by atoms with Gasteiger partial charge in [0, 0.05) is 0 Å². The second kappa shape index (κ2) is 8.56. The van der Waals surface area contributed by atoms with Crippen molar-refractivity contribution in [1.82, 2.24) is 0 Å². The molecule has 118 valence electrons. The molecule has 1 aromatic rings. The van der Waals surface area contributed by atoms with Crippen molar-refractivity contribution >= 4 is 17.6 Å². The van der Waals surface area contributed by atoms with Gasteiger partial charge < -0.3 is 14.6 Å². The van der Waals surface area contributed by atoms with Gasteiger partial charge in [0.2, 0.25) is 5.70 Å². The topological polar surface area (TPSA) is 97.6 Å². The lowest BCUT2D eigenvalue weighted by molar-refractivity contribution is -0.138. The predicted molar refractivity (Wildman–Crippen MR) is 78.9 cm³/mol. The SMILES string of the molecule is CCOC(=O)C(N=Nc1ccc(C(=O)OCC)cc1)=C(C)O. The summed E-state index contributed by atoms with van der Waals surface area (Å²) >= 11 is 0. The molecule has 0 aliphatic rings. The Hall–Kier alpha value is -2.70. The van der Waals surface area contributed by atoms with Gasteiger partial charge in [0.15, 0.2) is 0 Å². The first-order valence-corrected chi connectivity index (χ1v) is 6.75. The summed E-state index contributed by atoms with van der Waals surface area (Å²) in [6.07, 6.45) is 0. The van der Waals surface area contributed by atoms with Crippen molar-refractivity contribution in [3.8, 4) is 0 Å². The van der Waals surface area contributed by atoms with Crippen LogP contribution in [0.15, 0.2) is 46.0 Å². The van der Waals surface area contributed by atoms with E-state index in [9.17, 15) is 14.7 Å². The van der Waals surface area contributed by atoms with Crippen LogP contribution in [0.3, 0.4) is 0 Å². The quantitative estimate of drug-likeness (QED) is 0.376. The molecule has 0 bridgehead atoms. The van der Waals surface area contributed by atoms with Crippen LogP contribution in [0.1, 0.15) is 31.1 Å². The van der Waals surface area contributed by atoms with E-state index >= 15 is 0 Å². The van der Waals surface area contributed by atoms with Gasteiger partial charge in [0.05, 0.1) is 24.5 Å². The Labute approximate surface area is 128 Å². The van der Waals surface area contributed by atoms with Crippen LogP contribution in [0, 0.1) is 0 Å². The molecule has 7 nitrogen and oxygen atoms in total. The lowest BCUT2D eigenvalue weighted by atomic mass is 10.2. The summed E-state index contributed by atoms with van der Waals surface area (Å²) in [5.74, 6) is -1.47. The number of azo groups is 1. The highest BCUT2D eigenvalue weighted by molar-refractivity contribution is 5.90. The molecule has 0 aliphatic carbocycles. The van der Waals surface area contributed by atoms with Crippen molar-refractivity contribution in [2.75, 3.05) is 13.2 Å². The Morgan fingerprint density at radius 1 is 1.09 bits per heavy atom. The molecule has 0 radical (unpaired) electrons. The standard InChI is InChI=1S/C15H18N2O5/c1-4-21-14(19)11-6-8-12(9-7-11)16-17-13(10(3)18)15(20)22-5-2/h6-9,18H,4-5H2,1-3H3. The van der Waals surface area contributed by atoms with E-state index in [1.807, 2.05) is 0 Å². The maximum Gasteiger partial charge on any atom is 0.362 e. The van der Waals surface area contributed by atoms with E-state index in [4.69, 9.17) is 9.47 Å². The average Bonchev–Trinajstić information content (AvgIpc) is 2.48. The highest BCUT2D eigenvalue weighted by atomic mass is 16.5. The van der Waals surface area contributed by atoms with Crippen molar-refractivity contribution in [2.24, 2.45) is 10.2 Å². The summed E-state index contributed by atoms with van der Waals surface area (Å²) in [5, 5.41) is 16.9. The summed E-state index contributed by atoms with van der Waals surface area (Å²) in [6, 6.07) is 6.16. The molecular formula is C15H18N2O5. The second-order valence-corrected chi connectivity index (χ2v) is 4.12. The molecule has 0 aromatic heterocycles. The number of ether oxygens (including phenoxy) is 2. The molecule has 0 saturated heterocycles. The zero-order chi connectivity index (χ0) is 16.5. The van der Waals surface area contributed by atoms with Crippen LogP contribution in [0.25, 0.3) is 0 Å². The maximum atomic E-state index is 11.6. The Morgan fingerprint density at radius 2 is 1.68 bits per heavy atom. The van der Waals surface area contributed by atoms with E-state index in [0.717, 1.165) is 0 Å². The van der Waals surface area contributed by atoms with Gasteiger partial charge in [0.25, 0.3) is 0 Å². The number of nitrogens with zero attached hydrogens (tertiary/aromatic N) is 2. The third-order valence-corrected chi connectivity index (χ3v) is 2.46. The van der Waals surface area contributed by atoms with Gasteiger partial charge in [-0.3, -0.25) is 0 Å². The molecule has 0 spiro atoms. The molecule has 1 N–H and O–H groups in total. The number of hydrogen-bond acceptors (Lipinski definition) is 7. The summed E-state index contributed by atoms with van der Waals surface area (Å²) in [4.78, 5) is 23.1. The minimum Gasteiger partial charge on any atom is -0.510 e. The van der Waals surface area contributed by atoms with Crippen molar-refractivity contribution in [3.63, 3.8) is 0 Å². The zero-order valence-electron chi connectivity index (χ0n) is 12.7. The zero-order valence-corrected chi connectivity index (χ0v) is 12.7. The minimum atomic E-state index is -0.755. The van der Waals surface area contributed by atoms with Gasteiger partial charge in [-0.05, 0) is 45.0 Å². The number of hydrogen-bond donors (Lipinski definition) is 1. The Balaban J connectivity index is 2.87. The largest absolute Gasteiger partial charge is 0.510 e. The summed E-state index contributed by atoms with van der Waals surface area (Å²) in [6.45, 7) is 5.15. The lowest BCUT2D eigenvalue weighted by Crippen LogP contribution is -2.07. The lowest BCUT2D eigenvalue weighted by Gasteiger charge is -2.03. The van der Waals surface area contributed by atoms with Gasteiger partial charge in [-0.1, -0.05) is 0 Å². The first-order chi connectivity index (χ1) is 10.5. The van der Waals surface area contributed by atoms with E-state index in [0.29, 0.717) is 17.9 Å². The monoisotopic (exact) mass is 306 g/mol. The van der Waals surface area contributed by atoms with Crippen molar-refractivity contribution < 1.29 is 24.2 Å². The van der Waals surface area contributed by atoms with Gasteiger partial charge in [0.1, 0.15) is 5.76 Å². The molecule has 1 aromatic carbocycles. The highest BCUT2D eigenvalue weighted by Crippen LogP contribution is 2.17. The van der Waals surface area contributed by atoms with Crippen molar-refractivity contribution in [1.29, 1.82) is 0 Å². The molecule has 0 heterocycles. The Bertz CT molecular complexity index is 586. The highest BCUT2D eigenvalue weighted by Gasteiger charge is 2.14. The predicted octanol–water partition coefficient (Wildman–Crippen LogP) is 3.30. The number of aliphatic hydroxyl groups excluding tert-OH is 1. The van der Waals surface area contributed by atoms with E-state index in [2.05, 4.69) is 10.2 Å². The molecule has 1 rings (SSSR count). The number of rotatable bonds is 6. The van der Waals surface area contributed by atoms with Crippen LogP contribution in [0.2, 0.25) is 0 Å². The summed E-state index contributed by atoms with van der Waals surface area (Å²) in [5.41, 5.74) is 0.535. The van der Waals surface area contributed by atoms with Crippen LogP contribution in [0.4, 0.5) is 5.69 Å². The molecule has 0 aliphatic heterocycles. The fourth-order valence-corrected chi connectivity index (χ4v) is 1.45. The smallest absolute Gasteiger partial charge is 0.362 e. The Morgan fingerprint density at radius 3 is 2.18 bits per heavy atom.